The van der Waals surface area contributed by atoms with Crippen LogP contribution in [0.25, 0.3) is 0 Å². The number of unbranched alkanes of at least 4 members (excludes halogenated alkanes) is 10. The summed E-state index contributed by atoms with van der Waals surface area (Å²) in [6.45, 7) is 4.31. The van der Waals surface area contributed by atoms with Crippen molar-refractivity contribution in [2.75, 3.05) is 0 Å². The van der Waals surface area contributed by atoms with Crippen LogP contribution in [0.5, 0.6) is 0 Å². The molecule has 0 heterocycles. The minimum absolute atomic E-state index is 0.0692. The monoisotopic (exact) mass is 816 g/mol. The van der Waals surface area contributed by atoms with E-state index >= 15 is 0 Å². The maximum atomic E-state index is 10.9. The Balaban J connectivity index is 0.000000737. The molecule has 0 bridgehead atoms. The van der Waals surface area contributed by atoms with Gasteiger partial charge in [-0.05, 0) is 63.2 Å². The van der Waals surface area contributed by atoms with Crippen molar-refractivity contribution in [3.05, 3.63) is 71.8 Å². The average molecular weight is 816 g/mol. The van der Waals surface area contributed by atoms with Gasteiger partial charge in [-0.25, -0.2) is 0 Å². The molecule has 0 spiro atoms. The molecule has 9 heteroatoms. The zero-order valence-corrected chi connectivity index (χ0v) is 35.5. The van der Waals surface area contributed by atoms with Crippen LogP contribution in [-0.4, -0.2) is 45.0 Å². The van der Waals surface area contributed by atoms with E-state index in [2.05, 4.69) is 74.5 Å². The summed E-state index contributed by atoms with van der Waals surface area (Å²) in [7, 11) is 0. The predicted molar refractivity (Wildman–Crippen MR) is 200 cm³/mol. The zero-order valence-electron chi connectivity index (χ0n) is 31.5. The van der Waals surface area contributed by atoms with Crippen LogP contribution in [0.1, 0.15) is 153 Å². The Hall–Kier alpha value is -2.88. The van der Waals surface area contributed by atoms with Crippen LogP contribution in [0.4, 0.5) is 0 Å². The van der Waals surface area contributed by atoms with Crippen LogP contribution in [0.15, 0.2) is 60.7 Å². The van der Waals surface area contributed by atoms with Crippen LogP contribution < -0.4 is 20.4 Å². The van der Waals surface area contributed by atoms with E-state index in [1.54, 1.807) is 0 Å². The molecule has 0 aliphatic heterocycles. The molecule has 8 nitrogen and oxygen atoms in total. The molecule has 0 aromatic heterocycles. The van der Waals surface area contributed by atoms with Gasteiger partial charge in [-0.3, -0.25) is 0 Å². The van der Waals surface area contributed by atoms with Gasteiger partial charge in [0.15, 0.2) is 0 Å². The van der Waals surface area contributed by atoms with E-state index in [0.29, 0.717) is 38.5 Å². The zero-order chi connectivity index (χ0) is 38.0. The van der Waals surface area contributed by atoms with Gasteiger partial charge in [0.05, 0.1) is 0 Å². The quantitative estimate of drug-likeness (QED) is 0.0891. The van der Waals surface area contributed by atoms with Crippen molar-refractivity contribution in [2.45, 2.75) is 151 Å². The number of rotatable bonds is 28. The minimum atomic E-state index is -1.12. The third-order valence-corrected chi connectivity index (χ3v) is 14.3. The molecular formula is C42H64O8Sn. The molecule has 0 aliphatic carbocycles. The Morgan fingerprint density at radius 3 is 1.10 bits per heavy atom. The van der Waals surface area contributed by atoms with Gasteiger partial charge in [-0.1, -0.05) is 90.9 Å². The van der Waals surface area contributed by atoms with E-state index in [1.807, 2.05) is 0 Å². The summed E-state index contributed by atoms with van der Waals surface area (Å²) >= 11 is -0.608. The van der Waals surface area contributed by atoms with Gasteiger partial charge in [0.25, 0.3) is 0 Å². The second-order valence-electron chi connectivity index (χ2n) is 13.5. The molecule has 0 N–H and O–H groups in total. The molecule has 0 saturated carbocycles. The summed E-state index contributed by atoms with van der Waals surface area (Å²) in [6.07, 6.45) is 16.0. The van der Waals surface area contributed by atoms with E-state index in [9.17, 15) is 39.6 Å². The van der Waals surface area contributed by atoms with Gasteiger partial charge in [0.2, 0.25) is 0 Å². The number of carboxylic acid groups (broad SMARTS) is 4. The van der Waals surface area contributed by atoms with Gasteiger partial charge in [-0.2, -0.15) is 0 Å². The van der Waals surface area contributed by atoms with Crippen molar-refractivity contribution in [3.8, 4) is 0 Å². The van der Waals surface area contributed by atoms with Crippen molar-refractivity contribution >= 4 is 45.0 Å². The van der Waals surface area contributed by atoms with Crippen LogP contribution in [0, 0.1) is 11.8 Å². The number of carboxylic acids is 4. The second kappa shape index (κ2) is 34.2. The number of hydrogen-bond acceptors (Lipinski definition) is 8. The second-order valence-corrected chi connectivity index (χ2v) is 18.4. The number of hydrogen-bond donors (Lipinski definition) is 0. The van der Waals surface area contributed by atoms with Crippen molar-refractivity contribution < 1.29 is 39.6 Å². The molecule has 2 atom stereocenters. The summed E-state index contributed by atoms with van der Waals surface area (Å²) in [4.78, 5) is 42.2. The molecule has 0 saturated heterocycles. The van der Waals surface area contributed by atoms with Crippen LogP contribution in [0.3, 0.4) is 0 Å². The molecule has 0 fully saturated rings. The van der Waals surface area contributed by atoms with Crippen LogP contribution in [0.2, 0.25) is 0 Å². The normalized spacial score (nSPS) is 11.6. The summed E-state index contributed by atoms with van der Waals surface area (Å²) < 4.78 is 2.77. The molecule has 0 aliphatic rings. The Morgan fingerprint density at radius 1 is 0.471 bits per heavy atom. The first-order valence-electron chi connectivity index (χ1n) is 19.5. The topological polar surface area (TPSA) is 161 Å². The summed E-state index contributed by atoms with van der Waals surface area (Å²) in [5.74, 6) is -5.35. The fourth-order valence-corrected chi connectivity index (χ4v) is 10.6. The third-order valence-electron chi connectivity index (χ3n) is 8.96. The van der Waals surface area contributed by atoms with E-state index in [1.165, 1.54) is 58.5 Å². The molecule has 2 aromatic rings. The summed E-state index contributed by atoms with van der Waals surface area (Å²) in [6, 6.07) is 21.8. The first-order valence-corrected chi connectivity index (χ1v) is 25.2. The van der Waals surface area contributed by atoms with Crippen molar-refractivity contribution in [1.82, 2.24) is 0 Å². The Labute approximate surface area is 318 Å². The van der Waals surface area contributed by atoms with Gasteiger partial charge >= 0.3 is 102 Å². The summed E-state index contributed by atoms with van der Waals surface area (Å²) in [5, 5.41) is 42.2. The SMILES string of the molecule is CCCCCCCCC(CCCC(=O)[O-])C(=O)[O-].CCCCCCCCC(CCCC(=O)[O-])C(=O)[O-].c1ccc([CH2][SnH2+4][CH2]c2ccccc2)cc1. The first kappa shape index (κ1) is 48.1. The Bertz CT molecular complexity index is 1050. The van der Waals surface area contributed by atoms with Gasteiger partial charge in [-0.15, -0.1) is 0 Å². The van der Waals surface area contributed by atoms with E-state index in [4.69, 9.17) is 0 Å². The number of carbonyl (C=O) groups excluding carboxylic acids is 4. The molecule has 2 aromatic carbocycles. The maximum absolute atomic E-state index is 10.9. The van der Waals surface area contributed by atoms with Gasteiger partial charge < -0.3 is 39.6 Å². The van der Waals surface area contributed by atoms with Crippen LogP contribution in [-0.2, 0) is 28.1 Å². The average Bonchev–Trinajstić information content (AvgIpc) is 3.10. The molecular weight excluding hydrogens is 751 g/mol. The number of carbonyl (C=O) groups is 4. The number of aliphatic carboxylic acids is 4. The predicted octanol–water partition coefficient (Wildman–Crippen LogP) is 4.60. The third kappa shape index (κ3) is 31.6. The first-order chi connectivity index (χ1) is 24.6. The summed E-state index contributed by atoms with van der Waals surface area (Å²) in [5.41, 5.74) is 3.06. The Morgan fingerprint density at radius 2 is 0.784 bits per heavy atom. The standard InChI is InChI=1S/2C14H26O4.2C7H7.Sn.2H/c2*1-2-3-4-5-6-7-9-12(14(17)18)10-8-11-13(15)16;2*1-7-5-3-2-4-6-7;;;/h2*12H,2-11H2,1H3,(H,15,16)(H,17,18);2*2-6H,1H2;;;/q;;;;+4;;/p-4. The molecule has 2 rings (SSSR count). The van der Waals surface area contributed by atoms with Crippen molar-refractivity contribution in [2.24, 2.45) is 11.8 Å². The Kier molecular flexibility index (Phi) is 32.3. The van der Waals surface area contributed by atoms with Gasteiger partial charge in [0.1, 0.15) is 0 Å². The fourth-order valence-electron chi connectivity index (χ4n) is 5.87. The van der Waals surface area contributed by atoms with Crippen molar-refractivity contribution in [3.63, 3.8) is 0 Å². The molecule has 284 valence electrons. The van der Waals surface area contributed by atoms with E-state index in [0.717, 1.165) is 38.5 Å². The molecule has 51 heavy (non-hydrogen) atoms. The fraction of sp³-hybridized carbons (Fsp3) is 0.619. The van der Waals surface area contributed by atoms with Crippen LogP contribution >= 0.6 is 0 Å². The molecule has 2 unspecified atom stereocenters. The van der Waals surface area contributed by atoms with E-state index in [-0.39, 0.29) is 12.8 Å². The van der Waals surface area contributed by atoms with Gasteiger partial charge in [0, 0.05) is 23.9 Å². The van der Waals surface area contributed by atoms with Crippen molar-refractivity contribution in [1.29, 1.82) is 0 Å². The number of benzene rings is 2. The van der Waals surface area contributed by atoms with E-state index < -0.39 is 56.9 Å². The molecule has 0 amide bonds. The molecule has 4 radical (unpaired) electrons.